The van der Waals surface area contributed by atoms with Crippen LogP contribution >= 0.6 is 27.3 Å². The van der Waals surface area contributed by atoms with Gasteiger partial charge in [-0.1, -0.05) is 13.8 Å². The number of carbonyl (C=O) groups excluding carboxylic acids is 3. The van der Waals surface area contributed by atoms with Gasteiger partial charge < -0.3 is 0 Å². The molecule has 0 bridgehead atoms. The zero-order valence-corrected chi connectivity index (χ0v) is 12.4. The summed E-state index contributed by atoms with van der Waals surface area (Å²) in [5.74, 6) is -1.37. The van der Waals surface area contributed by atoms with Gasteiger partial charge in [-0.25, -0.2) is 0 Å². The maximum atomic E-state index is 12.0. The van der Waals surface area contributed by atoms with Gasteiger partial charge in [-0.05, 0) is 28.1 Å². The highest BCUT2D eigenvalue weighted by Gasteiger charge is 2.42. The number of likely N-dealkylation sites (tertiary alicyclic amines) is 1. The van der Waals surface area contributed by atoms with Gasteiger partial charge in [0.25, 0.3) is 0 Å². The van der Waals surface area contributed by atoms with Crippen LogP contribution in [-0.4, -0.2) is 29.0 Å². The summed E-state index contributed by atoms with van der Waals surface area (Å²) in [6.45, 7) is 3.29. The average molecular weight is 330 g/mol. The zero-order valence-electron chi connectivity index (χ0n) is 9.97. The molecule has 4 nitrogen and oxygen atoms in total. The Morgan fingerprint density at radius 3 is 2.28 bits per heavy atom. The normalized spacial score (nSPS) is 23.8. The number of rotatable bonds is 3. The van der Waals surface area contributed by atoms with E-state index in [1.165, 1.54) is 11.3 Å². The van der Waals surface area contributed by atoms with Gasteiger partial charge in [-0.15, -0.1) is 11.3 Å². The van der Waals surface area contributed by atoms with Gasteiger partial charge in [0.05, 0.1) is 15.2 Å². The SMILES string of the molecule is CC1C(=O)N(CC(=O)c2ccc(Br)s2)C(=O)C1C. The molecular weight excluding hydrogens is 318 g/mol. The molecule has 0 aromatic carbocycles. The maximum Gasteiger partial charge on any atom is 0.233 e. The van der Waals surface area contributed by atoms with E-state index < -0.39 is 0 Å². The van der Waals surface area contributed by atoms with Crippen LogP contribution in [-0.2, 0) is 9.59 Å². The quantitative estimate of drug-likeness (QED) is 0.631. The lowest BCUT2D eigenvalue weighted by Crippen LogP contribution is -2.35. The van der Waals surface area contributed by atoms with E-state index in [9.17, 15) is 14.4 Å². The number of nitrogens with zero attached hydrogens (tertiary/aromatic N) is 1. The number of imide groups is 1. The summed E-state index contributed by atoms with van der Waals surface area (Å²) in [5, 5.41) is 0. The Morgan fingerprint density at radius 2 is 1.83 bits per heavy atom. The lowest BCUT2D eigenvalue weighted by Gasteiger charge is -2.12. The summed E-state index contributed by atoms with van der Waals surface area (Å²) in [6.07, 6.45) is 0. The molecule has 2 rings (SSSR count). The average Bonchev–Trinajstić information content (AvgIpc) is 2.84. The lowest BCUT2D eigenvalue weighted by atomic mass is 10.00. The largest absolute Gasteiger partial charge is 0.291 e. The van der Waals surface area contributed by atoms with Crippen molar-refractivity contribution in [1.29, 1.82) is 0 Å². The molecule has 6 heteroatoms. The van der Waals surface area contributed by atoms with Crippen molar-refractivity contribution in [1.82, 2.24) is 4.90 Å². The van der Waals surface area contributed by atoms with Crippen molar-refractivity contribution in [3.05, 3.63) is 20.8 Å². The van der Waals surface area contributed by atoms with E-state index in [0.29, 0.717) is 4.88 Å². The third kappa shape index (κ3) is 2.27. The number of hydrogen-bond acceptors (Lipinski definition) is 4. The standard InChI is InChI=1S/C12H12BrNO3S/c1-6-7(2)12(17)14(11(6)16)5-8(15)9-3-4-10(13)18-9/h3-4,6-7H,5H2,1-2H3. The number of amides is 2. The second-order valence-corrected chi connectivity index (χ2v) is 6.83. The van der Waals surface area contributed by atoms with Gasteiger partial charge in [-0.2, -0.15) is 0 Å². The number of carbonyl (C=O) groups is 3. The number of ketones is 1. The summed E-state index contributed by atoms with van der Waals surface area (Å²) in [6, 6.07) is 3.46. The van der Waals surface area contributed by atoms with Crippen LogP contribution in [0.15, 0.2) is 15.9 Å². The molecule has 0 aliphatic carbocycles. The molecule has 1 aliphatic rings. The molecule has 1 aromatic heterocycles. The van der Waals surface area contributed by atoms with Crippen LogP contribution in [0.2, 0.25) is 0 Å². The first-order valence-electron chi connectivity index (χ1n) is 5.55. The highest BCUT2D eigenvalue weighted by atomic mass is 79.9. The van der Waals surface area contributed by atoms with E-state index >= 15 is 0 Å². The minimum absolute atomic E-state index is 0.153. The summed E-state index contributed by atoms with van der Waals surface area (Å²) < 4.78 is 0.853. The topological polar surface area (TPSA) is 54.5 Å². The van der Waals surface area contributed by atoms with Crippen LogP contribution in [0.25, 0.3) is 0 Å². The minimum atomic E-state index is -0.333. The molecule has 1 aliphatic heterocycles. The van der Waals surface area contributed by atoms with Crippen molar-refractivity contribution in [3.8, 4) is 0 Å². The molecule has 1 aromatic rings. The second kappa shape index (κ2) is 4.93. The second-order valence-electron chi connectivity index (χ2n) is 4.37. The molecule has 18 heavy (non-hydrogen) atoms. The van der Waals surface area contributed by atoms with Gasteiger partial charge >= 0.3 is 0 Å². The van der Waals surface area contributed by atoms with Crippen molar-refractivity contribution in [2.45, 2.75) is 13.8 Å². The van der Waals surface area contributed by atoms with Gasteiger partial charge in [0.2, 0.25) is 11.8 Å². The van der Waals surface area contributed by atoms with Crippen molar-refractivity contribution in [2.75, 3.05) is 6.54 Å². The van der Waals surface area contributed by atoms with Crippen molar-refractivity contribution < 1.29 is 14.4 Å². The number of halogens is 1. The van der Waals surface area contributed by atoms with E-state index in [1.807, 2.05) is 0 Å². The molecule has 2 amide bonds. The molecule has 1 saturated heterocycles. The molecule has 2 atom stereocenters. The van der Waals surface area contributed by atoms with Crippen LogP contribution in [0.3, 0.4) is 0 Å². The fourth-order valence-electron chi connectivity index (χ4n) is 1.87. The molecule has 0 N–H and O–H groups in total. The van der Waals surface area contributed by atoms with Crippen LogP contribution in [0, 0.1) is 11.8 Å². The first-order valence-corrected chi connectivity index (χ1v) is 7.16. The van der Waals surface area contributed by atoms with Crippen LogP contribution in [0.4, 0.5) is 0 Å². The molecule has 2 unspecified atom stereocenters. The van der Waals surface area contributed by atoms with Crippen LogP contribution < -0.4 is 0 Å². The molecule has 96 valence electrons. The Hall–Kier alpha value is -1.01. The Balaban J connectivity index is 2.13. The lowest BCUT2D eigenvalue weighted by molar-refractivity contribution is -0.139. The Labute approximate surface area is 117 Å². The van der Waals surface area contributed by atoms with Crippen molar-refractivity contribution in [2.24, 2.45) is 11.8 Å². The summed E-state index contributed by atoms with van der Waals surface area (Å²) >= 11 is 4.58. The monoisotopic (exact) mass is 329 g/mol. The summed E-state index contributed by atoms with van der Waals surface area (Å²) in [5.41, 5.74) is 0. The maximum absolute atomic E-state index is 12.0. The third-order valence-corrected chi connectivity index (χ3v) is 4.88. The number of thiophene rings is 1. The van der Waals surface area contributed by atoms with E-state index in [2.05, 4.69) is 15.9 Å². The molecule has 0 spiro atoms. The van der Waals surface area contributed by atoms with Gasteiger partial charge in [0.1, 0.15) is 0 Å². The number of Topliss-reactive ketones (excluding diaryl/α,β-unsaturated/α-hetero) is 1. The molecule has 1 fully saturated rings. The Morgan fingerprint density at radius 1 is 1.28 bits per heavy atom. The van der Waals surface area contributed by atoms with Crippen LogP contribution in [0.5, 0.6) is 0 Å². The number of hydrogen-bond donors (Lipinski definition) is 0. The first kappa shape index (κ1) is 13.4. The van der Waals surface area contributed by atoms with E-state index in [1.54, 1.807) is 26.0 Å². The van der Waals surface area contributed by atoms with Crippen LogP contribution in [0.1, 0.15) is 23.5 Å². The van der Waals surface area contributed by atoms with Crippen molar-refractivity contribution in [3.63, 3.8) is 0 Å². The highest BCUT2D eigenvalue weighted by Crippen LogP contribution is 2.27. The van der Waals surface area contributed by atoms with Crippen molar-refractivity contribution >= 4 is 44.9 Å². The van der Waals surface area contributed by atoms with Gasteiger partial charge in [-0.3, -0.25) is 19.3 Å². The molecular formula is C12H12BrNO3S. The smallest absolute Gasteiger partial charge is 0.233 e. The Kier molecular flexibility index (Phi) is 3.68. The van der Waals surface area contributed by atoms with E-state index in [4.69, 9.17) is 0 Å². The van der Waals surface area contributed by atoms with Gasteiger partial charge in [0.15, 0.2) is 5.78 Å². The highest BCUT2D eigenvalue weighted by molar-refractivity contribution is 9.11. The molecule has 2 heterocycles. The Bertz CT molecular complexity index is 505. The zero-order chi connectivity index (χ0) is 13.4. The summed E-state index contributed by atoms with van der Waals surface area (Å²) in [4.78, 5) is 37.3. The third-order valence-electron chi connectivity index (χ3n) is 3.21. The minimum Gasteiger partial charge on any atom is -0.291 e. The molecule has 0 saturated carbocycles. The molecule has 0 radical (unpaired) electrons. The first-order chi connectivity index (χ1) is 8.41. The summed E-state index contributed by atoms with van der Waals surface area (Å²) in [7, 11) is 0. The van der Waals surface area contributed by atoms with Gasteiger partial charge in [0, 0.05) is 11.8 Å². The fourth-order valence-corrected chi connectivity index (χ4v) is 3.19. The predicted octanol–water partition coefficient (Wildman–Crippen LogP) is 2.33. The van der Waals surface area contributed by atoms with E-state index in [-0.39, 0.29) is 36.0 Å². The predicted molar refractivity (Wildman–Crippen MR) is 71.4 cm³/mol. The van der Waals surface area contributed by atoms with E-state index in [0.717, 1.165) is 8.69 Å². The fraction of sp³-hybridized carbons (Fsp3) is 0.417.